The summed E-state index contributed by atoms with van der Waals surface area (Å²) in [6, 6.07) is 23.2. The first kappa shape index (κ1) is 26.7. The van der Waals surface area contributed by atoms with E-state index in [1.807, 2.05) is 18.2 Å². The predicted molar refractivity (Wildman–Crippen MR) is 142 cm³/mol. The summed E-state index contributed by atoms with van der Waals surface area (Å²) in [5, 5.41) is 18.4. The van der Waals surface area contributed by atoms with Crippen molar-refractivity contribution in [1.82, 2.24) is 0 Å². The third-order valence-electron chi connectivity index (χ3n) is 6.37. The number of benzene rings is 3. The third-order valence-corrected chi connectivity index (χ3v) is 6.37. The van der Waals surface area contributed by atoms with Crippen LogP contribution in [0.4, 0.5) is 11.4 Å². The Hall–Kier alpha value is -3.86. The average Bonchev–Trinajstić information content (AvgIpc) is 3.13. The van der Waals surface area contributed by atoms with E-state index < -0.39 is 0 Å². The van der Waals surface area contributed by atoms with Crippen LogP contribution in [0.2, 0.25) is 0 Å². The molecular formula is C29H28CoN4O2. The molecule has 1 aliphatic rings. The number of nitrogens with zero attached hydrogens (tertiary/aromatic N) is 4. The molecule has 0 amide bonds. The van der Waals surface area contributed by atoms with E-state index in [4.69, 9.17) is 11.3 Å². The third kappa shape index (κ3) is 5.35. The molecule has 7 heteroatoms. The van der Waals surface area contributed by atoms with Crippen molar-refractivity contribution < 1.29 is 26.6 Å². The van der Waals surface area contributed by atoms with Crippen molar-refractivity contribution in [3.63, 3.8) is 0 Å². The molecule has 1 heterocycles. The summed E-state index contributed by atoms with van der Waals surface area (Å²) < 4.78 is 5.54. The number of methoxy groups -OCH3 is 1. The van der Waals surface area contributed by atoms with Crippen molar-refractivity contribution in [2.24, 2.45) is 10.2 Å². The maximum atomic E-state index is 10.3. The number of aliphatic hydroxyl groups is 1. The number of hydrogen-bond donors (Lipinski definition) is 1. The first-order chi connectivity index (χ1) is 17.0. The molecular weight excluding hydrogens is 495 g/mol. The second-order valence-corrected chi connectivity index (χ2v) is 8.52. The van der Waals surface area contributed by atoms with Crippen LogP contribution in [-0.2, 0) is 28.6 Å². The average molecular weight is 524 g/mol. The summed E-state index contributed by atoms with van der Waals surface area (Å²) in [5.74, 6) is 0.628. The van der Waals surface area contributed by atoms with Crippen LogP contribution >= 0.6 is 0 Å². The van der Waals surface area contributed by atoms with Gasteiger partial charge in [0.25, 0.3) is 0 Å². The molecule has 185 valence electrons. The molecule has 0 spiro atoms. The van der Waals surface area contributed by atoms with Gasteiger partial charge in [0.15, 0.2) is 5.69 Å². The topological polar surface area (TPSA) is 61.8 Å². The number of ether oxygens (including phenoxy) is 1. The van der Waals surface area contributed by atoms with Crippen molar-refractivity contribution in [3.8, 4) is 5.75 Å². The zero-order valence-electron chi connectivity index (χ0n) is 20.5. The van der Waals surface area contributed by atoms with Crippen molar-refractivity contribution in [2.45, 2.75) is 25.7 Å². The fraction of sp³-hybridized carbons (Fsp3) is 0.207. The number of allylic oxidation sites excluding steroid dienone is 2. The van der Waals surface area contributed by atoms with Crippen LogP contribution < -0.4 is 9.64 Å². The van der Waals surface area contributed by atoms with Gasteiger partial charge in [0.1, 0.15) is 5.75 Å². The summed E-state index contributed by atoms with van der Waals surface area (Å²) in [7, 11) is 1.69. The molecule has 6 nitrogen and oxygen atoms in total. The van der Waals surface area contributed by atoms with Gasteiger partial charge in [-0.2, -0.15) is 5.10 Å². The molecule has 1 unspecified atom stereocenters. The van der Waals surface area contributed by atoms with Gasteiger partial charge in [0.05, 0.1) is 19.9 Å². The van der Waals surface area contributed by atoms with Crippen LogP contribution in [0.15, 0.2) is 94.8 Å². The molecule has 3 aromatic rings. The van der Waals surface area contributed by atoms with Crippen LogP contribution in [0.25, 0.3) is 4.85 Å². The van der Waals surface area contributed by atoms with E-state index in [-0.39, 0.29) is 28.1 Å². The summed E-state index contributed by atoms with van der Waals surface area (Å²) in [5.41, 5.74) is 5.39. The fourth-order valence-electron chi connectivity index (χ4n) is 4.62. The van der Waals surface area contributed by atoms with E-state index in [2.05, 4.69) is 70.2 Å². The second kappa shape index (κ2) is 11.7. The number of rotatable bonds is 7. The Morgan fingerprint density at radius 2 is 1.83 bits per heavy atom. The Balaban J connectivity index is 0.00000361. The second-order valence-electron chi connectivity index (χ2n) is 8.52. The van der Waals surface area contributed by atoms with Gasteiger partial charge in [-0.3, -0.25) is 0 Å². The molecule has 1 aliphatic heterocycles. The summed E-state index contributed by atoms with van der Waals surface area (Å²) in [4.78, 5) is 5.64. The van der Waals surface area contributed by atoms with Crippen molar-refractivity contribution >= 4 is 23.5 Å². The van der Waals surface area contributed by atoms with Crippen LogP contribution in [-0.4, -0.2) is 30.9 Å². The largest absolute Gasteiger partial charge is 0.497 e. The summed E-state index contributed by atoms with van der Waals surface area (Å²) in [6.45, 7) is 12.2. The van der Waals surface area contributed by atoms with Gasteiger partial charge in [0.2, 0.25) is 5.90 Å². The van der Waals surface area contributed by atoms with Gasteiger partial charge in [-0.15, -0.1) is 5.10 Å². The standard InChI is InChI=1S/C29H28N4O2.Co/c1-5-33-26-16-15-24(35-4)19-25(26)29(2,20-21-9-7-6-8-10-21)27(33)17-18-31-32-28(34)22-11-13-23(30-3)14-12-22;/h6-19H,5,20H2,1-2,4H3,(H,32,34);/b27-17-,31-18+;. The first-order valence-electron chi connectivity index (χ1n) is 11.5. The number of aliphatic hydroxyl groups excluding tert-OH is 1. The molecule has 0 saturated heterocycles. The van der Waals surface area contributed by atoms with Gasteiger partial charge in [-0.25, -0.2) is 4.85 Å². The Morgan fingerprint density at radius 1 is 1.11 bits per heavy atom. The summed E-state index contributed by atoms with van der Waals surface area (Å²) >= 11 is 0. The van der Waals surface area contributed by atoms with Crippen molar-refractivity contribution in [2.75, 3.05) is 18.6 Å². The normalized spacial score (nSPS) is 18.1. The Kier molecular flexibility index (Phi) is 8.70. The first-order valence-corrected chi connectivity index (χ1v) is 11.5. The van der Waals surface area contributed by atoms with E-state index in [1.54, 1.807) is 37.6 Å². The SMILES string of the molecule is [C-]#[N+]c1ccc(/C(O)=N/N=C/C=C2\N(CC)c3ccc(OC)cc3C2(C)Cc2ccccc2)cc1.[Co]. The van der Waals surface area contributed by atoms with Gasteiger partial charge >= 0.3 is 0 Å². The summed E-state index contributed by atoms with van der Waals surface area (Å²) in [6.07, 6.45) is 4.40. The number of anilines is 1. The van der Waals surface area contributed by atoms with Gasteiger partial charge in [-0.1, -0.05) is 54.6 Å². The monoisotopic (exact) mass is 523 g/mol. The van der Waals surface area contributed by atoms with Crippen molar-refractivity contribution in [1.29, 1.82) is 0 Å². The fourth-order valence-corrected chi connectivity index (χ4v) is 4.62. The minimum absolute atomic E-state index is 0. The number of likely N-dealkylation sites (N-methyl/N-ethyl adjacent to an activating group) is 1. The maximum absolute atomic E-state index is 10.3. The zero-order valence-corrected chi connectivity index (χ0v) is 21.5. The van der Waals surface area contributed by atoms with E-state index in [0.29, 0.717) is 11.3 Å². The maximum Gasteiger partial charge on any atom is 0.238 e. The van der Waals surface area contributed by atoms with E-state index in [0.717, 1.165) is 30.1 Å². The molecule has 4 rings (SSSR count). The van der Waals surface area contributed by atoms with Crippen LogP contribution in [0.5, 0.6) is 5.75 Å². The Bertz CT molecular complexity index is 1330. The number of fused-ring (bicyclic) bond motifs is 1. The smallest absolute Gasteiger partial charge is 0.238 e. The van der Waals surface area contributed by atoms with E-state index in [9.17, 15) is 5.11 Å². The van der Waals surface area contributed by atoms with E-state index in [1.165, 1.54) is 11.1 Å². The quantitative estimate of drug-likeness (QED) is 0.167. The Labute approximate surface area is 222 Å². The molecule has 0 bridgehead atoms. The molecule has 0 saturated carbocycles. The molecule has 0 aromatic heterocycles. The minimum atomic E-state index is -0.311. The predicted octanol–water partition coefficient (Wildman–Crippen LogP) is 6.46. The van der Waals surface area contributed by atoms with Gasteiger partial charge in [-0.05, 0) is 55.7 Å². The zero-order chi connectivity index (χ0) is 24.8. The molecule has 1 radical (unpaired) electrons. The minimum Gasteiger partial charge on any atom is -0.497 e. The molecule has 1 atom stereocenters. The molecule has 1 N–H and O–H groups in total. The van der Waals surface area contributed by atoms with Crippen molar-refractivity contribution in [3.05, 3.63) is 113 Å². The van der Waals surface area contributed by atoms with Gasteiger partial charge < -0.3 is 14.7 Å². The number of hydrogen-bond acceptors (Lipinski definition) is 4. The van der Waals surface area contributed by atoms with Gasteiger partial charge in [0, 0.05) is 45.7 Å². The molecule has 36 heavy (non-hydrogen) atoms. The molecule has 0 fully saturated rings. The van der Waals surface area contributed by atoms with Crippen LogP contribution in [0.1, 0.15) is 30.5 Å². The molecule has 0 aliphatic carbocycles. The van der Waals surface area contributed by atoms with Crippen LogP contribution in [0.3, 0.4) is 0 Å². The Morgan fingerprint density at radius 3 is 2.47 bits per heavy atom. The van der Waals surface area contributed by atoms with E-state index >= 15 is 0 Å². The van der Waals surface area contributed by atoms with Crippen LogP contribution in [0, 0.1) is 6.57 Å². The molecule has 3 aromatic carbocycles.